The molecule has 0 unspecified atom stereocenters. The summed E-state index contributed by atoms with van der Waals surface area (Å²) in [5.74, 6) is -0.359. The minimum atomic E-state index is -3.38. The fraction of sp³-hybridized carbons (Fsp3) is 0.538. The molecule has 108 valence electrons. The summed E-state index contributed by atoms with van der Waals surface area (Å²) in [5, 5.41) is 0. The molecule has 0 fully saturated rings. The van der Waals surface area contributed by atoms with E-state index in [1.165, 1.54) is 24.5 Å². The Morgan fingerprint density at radius 3 is 2.58 bits per heavy atom. The first kappa shape index (κ1) is 16.1. The molecule has 0 spiro atoms. The zero-order valence-corrected chi connectivity index (χ0v) is 12.5. The van der Waals surface area contributed by atoms with E-state index in [4.69, 9.17) is 4.74 Å². The second-order valence-electron chi connectivity index (χ2n) is 4.66. The lowest BCUT2D eigenvalue weighted by atomic mass is 10.1. The highest BCUT2D eigenvalue weighted by atomic mass is 32.2. The van der Waals surface area contributed by atoms with Gasteiger partial charge in [0.05, 0.1) is 11.9 Å². The van der Waals surface area contributed by atoms with Gasteiger partial charge >= 0.3 is 0 Å². The van der Waals surface area contributed by atoms with Gasteiger partial charge in [-0.05, 0) is 31.0 Å². The molecule has 0 bridgehead atoms. The highest BCUT2D eigenvalue weighted by molar-refractivity contribution is 7.89. The van der Waals surface area contributed by atoms with Gasteiger partial charge in [0, 0.05) is 20.7 Å². The van der Waals surface area contributed by atoms with Gasteiger partial charge in [-0.3, -0.25) is 0 Å². The van der Waals surface area contributed by atoms with Crippen molar-refractivity contribution in [3.8, 4) is 0 Å². The van der Waals surface area contributed by atoms with Gasteiger partial charge in [0.1, 0.15) is 5.82 Å². The molecule has 0 aliphatic rings. The maximum Gasteiger partial charge on any atom is 0.216 e. The molecule has 1 aromatic rings. The number of aryl methyl sites for hydroxylation is 1. The summed E-state index contributed by atoms with van der Waals surface area (Å²) in [5.41, 5.74) is 1.27. The third kappa shape index (κ3) is 4.56. The topological polar surface area (TPSA) is 46.6 Å². The van der Waals surface area contributed by atoms with Crippen LogP contribution in [0.25, 0.3) is 0 Å². The van der Waals surface area contributed by atoms with E-state index in [0.29, 0.717) is 5.56 Å². The van der Waals surface area contributed by atoms with Crippen molar-refractivity contribution < 1.29 is 17.5 Å². The predicted octanol–water partition coefficient (Wildman–Crippen LogP) is 1.93. The molecule has 1 rings (SSSR count). The zero-order chi connectivity index (χ0) is 14.6. The number of hydrogen-bond donors (Lipinski definition) is 0. The van der Waals surface area contributed by atoms with Crippen LogP contribution in [0.5, 0.6) is 0 Å². The van der Waals surface area contributed by atoms with Crippen molar-refractivity contribution in [3.63, 3.8) is 0 Å². The van der Waals surface area contributed by atoms with Gasteiger partial charge in [-0.15, -0.1) is 0 Å². The first-order valence-corrected chi connectivity index (χ1v) is 7.59. The summed E-state index contributed by atoms with van der Waals surface area (Å²) >= 11 is 0. The fourth-order valence-corrected chi connectivity index (χ4v) is 2.98. The molecule has 0 saturated heterocycles. The van der Waals surface area contributed by atoms with Crippen molar-refractivity contribution >= 4 is 10.0 Å². The molecule has 0 N–H and O–H groups in total. The van der Waals surface area contributed by atoms with Crippen LogP contribution in [0, 0.1) is 12.7 Å². The van der Waals surface area contributed by atoms with Crippen molar-refractivity contribution in [2.45, 2.75) is 26.5 Å². The lowest BCUT2D eigenvalue weighted by Gasteiger charge is -2.19. The van der Waals surface area contributed by atoms with Gasteiger partial charge in [0.2, 0.25) is 10.0 Å². The van der Waals surface area contributed by atoms with Gasteiger partial charge in [-0.1, -0.05) is 12.1 Å². The molecular formula is C13H20FNO3S. The normalized spacial score (nSPS) is 13.8. The molecule has 0 aliphatic heterocycles. The summed E-state index contributed by atoms with van der Waals surface area (Å²) in [6.07, 6.45) is -0.359. The van der Waals surface area contributed by atoms with E-state index in [-0.39, 0.29) is 24.2 Å². The van der Waals surface area contributed by atoms with Crippen LogP contribution in [-0.4, -0.2) is 38.7 Å². The highest BCUT2D eigenvalue weighted by Crippen LogP contribution is 2.13. The van der Waals surface area contributed by atoms with Crippen molar-refractivity contribution in [1.29, 1.82) is 0 Å². The Hall–Kier alpha value is -0.980. The van der Waals surface area contributed by atoms with Crippen molar-refractivity contribution in [2.75, 3.05) is 19.9 Å². The quantitative estimate of drug-likeness (QED) is 0.804. The van der Waals surface area contributed by atoms with Crippen LogP contribution in [0.15, 0.2) is 18.2 Å². The van der Waals surface area contributed by atoms with Gasteiger partial charge in [-0.2, -0.15) is 0 Å². The van der Waals surface area contributed by atoms with Crippen LogP contribution < -0.4 is 0 Å². The number of halogens is 1. The number of sulfonamides is 1. The average Bonchev–Trinajstić information content (AvgIpc) is 2.33. The van der Waals surface area contributed by atoms with E-state index in [1.54, 1.807) is 26.0 Å². The smallest absolute Gasteiger partial charge is 0.216 e. The minimum absolute atomic E-state index is 0.0693. The largest absolute Gasteiger partial charge is 0.381 e. The van der Waals surface area contributed by atoms with Crippen molar-refractivity contribution in [1.82, 2.24) is 4.31 Å². The molecule has 0 heterocycles. The first-order valence-electron chi connectivity index (χ1n) is 5.98. The third-order valence-electron chi connectivity index (χ3n) is 2.95. The van der Waals surface area contributed by atoms with Gasteiger partial charge in [0.25, 0.3) is 0 Å². The number of nitrogens with zero attached hydrogens (tertiary/aromatic N) is 1. The van der Waals surface area contributed by atoms with Crippen LogP contribution in [0.3, 0.4) is 0 Å². The molecule has 19 heavy (non-hydrogen) atoms. The number of methoxy groups -OCH3 is 1. The lowest BCUT2D eigenvalue weighted by molar-refractivity contribution is 0.135. The molecule has 1 aromatic carbocycles. The highest BCUT2D eigenvalue weighted by Gasteiger charge is 2.21. The van der Waals surface area contributed by atoms with E-state index in [0.717, 1.165) is 5.56 Å². The van der Waals surface area contributed by atoms with E-state index in [2.05, 4.69) is 0 Å². The van der Waals surface area contributed by atoms with Crippen molar-refractivity contribution in [3.05, 3.63) is 35.1 Å². The van der Waals surface area contributed by atoms with Crippen LogP contribution in [0.4, 0.5) is 4.39 Å². The molecule has 0 saturated carbocycles. The summed E-state index contributed by atoms with van der Waals surface area (Å²) in [7, 11) is -0.392. The van der Waals surface area contributed by atoms with Crippen LogP contribution in [-0.2, 0) is 21.3 Å². The van der Waals surface area contributed by atoms with Crippen LogP contribution in [0.1, 0.15) is 18.1 Å². The predicted molar refractivity (Wildman–Crippen MR) is 72.9 cm³/mol. The number of ether oxygens (including phenoxy) is 1. The van der Waals surface area contributed by atoms with E-state index in [9.17, 15) is 12.8 Å². The van der Waals surface area contributed by atoms with Gasteiger partial charge in [0.15, 0.2) is 0 Å². The first-order chi connectivity index (χ1) is 8.76. The molecule has 6 heteroatoms. The van der Waals surface area contributed by atoms with Crippen LogP contribution >= 0.6 is 0 Å². The molecular weight excluding hydrogens is 269 g/mol. The minimum Gasteiger partial charge on any atom is -0.381 e. The molecule has 0 radical (unpaired) electrons. The second kappa shape index (κ2) is 6.45. The van der Waals surface area contributed by atoms with E-state index < -0.39 is 10.0 Å². The molecule has 4 nitrogen and oxygen atoms in total. The maximum atomic E-state index is 13.1. The zero-order valence-electron chi connectivity index (χ0n) is 11.7. The van der Waals surface area contributed by atoms with Gasteiger partial charge in [-0.25, -0.2) is 17.1 Å². The average molecular weight is 289 g/mol. The van der Waals surface area contributed by atoms with Crippen LogP contribution in [0.2, 0.25) is 0 Å². The fourth-order valence-electron chi connectivity index (χ4n) is 1.65. The molecule has 1 atom stereocenters. The van der Waals surface area contributed by atoms with E-state index >= 15 is 0 Å². The number of hydrogen-bond acceptors (Lipinski definition) is 3. The Morgan fingerprint density at radius 1 is 1.42 bits per heavy atom. The summed E-state index contributed by atoms with van der Waals surface area (Å²) in [6.45, 7) is 3.58. The molecule has 0 aromatic heterocycles. The van der Waals surface area contributed by atoms with Crippen molar-refractivity contribution in [2.24, 2.45) is 0 Å². The second-order valence-corrected chi connectivity index (χ2v) is 6.78. The molecule has 0 amide bonds. The Bertz CT molecular complexity index is 531. The standard InChI is InChI=1S/C13H20FNO3S/c1-10-7-12(5-6-13(10)14)8-15(3)19(16,17)9-11(2)18-4/h5-7,11H,8-9H2,1-4H3/t11-/m1/s1. The Labute approximate surface area is 114 Å². The van der Waals surface area contributed by atoms with E-state index in [1.807, 2.05) is 0 Å². The number of rotatable bonds is 6. The monoisotopic (exact) mass is 289 g/mol. The van der Waals surface area contributed by atoms with Gasteiger partial charge < -0.3 is 4.74 Å². The maximum absolute atomic E-state index is 13.1. The summed E-state index contributed by atoms with van der Waals surface area (Å²) < 4.78 is 43.4. The molecule has 0 aliphatic carbocycles. The Kier molecular flexibility index (Phi) is 5.46. The Morgan fingerprint density at radius 2 is 2.05 bits per heavy atom. The summed E-state index contributed by atoms with van der Waals surface area (Å²) in [6, 6.07) is 4.60. The third-order valence-corrected chi connectivity index (χ3v) is 4.92. The summed E-state index contributed by atoms with van der Waals surface area (Å²) in [4.78, 5) is 0. The lowest BCUT2D eigenvalue weighted by Crippen LogP contribution is -2.33. The SMILES string of the molecule is CO[C@H](C)CS(=O)(=O)N(C)Cc1ccc(F)c(C)c1. The Balaban J connectivity index is 2.78. The number of benzene rings is 1.